The van der Waals surface area contributed by atoms with Gasteiger partial charge in [-0.2, -0.15) is 0 Å². The van der Waals surface area contributed by atoms with Crippen LogP contribution < -0.4 is 10.2 Å². The molecular weight excluding hydrogens is 264 g/mol. The molecule has 0 spiro atoms. The molecule has 2 N–H and O–H groups in total. The Morgan fingerprint density at radius 3 is 2.33 bits per heavy atom. The van der Waals surface area contributed by atoms with Gasteiger partial charge in [0.1, 0.15) is 0 Å². The predicted octanol–water partition coefficient (Wildman–Crippen LogP) is 3.17. The van der Waals surface area contributed by atoms with Gasteiger partial charge in [-0.15, -0.1) is 0 Å². The third kappa shape index (κ3) is 5.38. The summed E-state index contributed by atoms with van der Waals surface area (Å²) in [6.07, 6.45) is 7.08. The minimum absolute atomic E-state index is 0.0194. The predicted molar refractivity (Wildman–Crippen MR) is 86.7 cm³/mol. The lowest BCUT2D eigenvalue weighted by Gasteiger charge is -2.22. The molecule has 1 aromatic carbocycles. The number of aliphatic hydroxyl groups excluding tert-OH is 1. The average Bonchev–Trinajstić information content (AvgIpc) is 2.77. The van der Waals surface area contributed by atoms with Crippen LogP contribution >= 0.6 is 0 Å². The van der Waals surface area contributed by atoms with Crippen LogP contribution in [0.1, 0.15) is 44.9 Å². The quantitative estimate of drug-likeness (QED) is 0.791. The molecule has 1 aliphatic rings. The van der Waals surface area contributed by atoms with Crippen molar-refractivity contribution < 1.29 is 9.90 Å². The third-order valence-electron chi connectivity index (χ3n) is 3.93. The highest BCUT2D eigenvalue weighted by atomic mass is 16.3. The fraction of sp³-hybridized carbons (Fsp3) is 0.588. The van der Waals surface area contributed by atoms with Crippen LogP contribution in [0.2, 0.25) is 0 Å². The highest BCUT2D eigenvalue weighted by Crippen LogP contribution is 2.21. The fourth-order valence-electron chi connectivity index (χ4n) is 2.71. The Morgan fingerprint density at radius 2 is 1.71 bits per heavy atom. The smallest absolute Gasteiger partial charge is 0.224 e. The Hall–Kier alpha value is -1.55. The van der Waals surface area contributed by atoms with Gasteiger partial charge in [-0.25, -0.2) is 0 Å². The van der Waals surface area contributed by atoms with Crippen LogP contribution in [-0.2, 0) is 4.79 Å². The number of hydrogen-bond donors (Lipinski definition) is 2. The number of benzene rings is 1. The van der Waals surface area contributed by atoms with Crippen molar-refractivity contribution in [1.82, 2.24) is 0 Å². The fourth-order valence-corrected chi connectivity index (χ4v) is 2.71. The molecule has 0 aliphatic carbocycles. The van der Waals surface area contributed by atoms with E-state index in [4.69, 9.17) is 5.11 Å². The second-order valence-electron chi connectivity index (χ2n) is 5.68. The van der Waals surface area contributed by atoms with Crippen molar-refractivity contribution in [3.8, 4) is 0 Å². The summed E-state index contributed by atoms with van der Waals surface area (Å²) in [7, 11) is 0. The molecule has 0 unspecified atom stereocenters. The second kappa shape index (κ2) is 8.67. The SMILES string of the molecule is O=C(CCCCO)Nc1ccc(N2CCCCCC2)cc1. The van der Waals surface area contributed by atoms with Crippen LogP contribution in [-0.4, -0.2) is 30.7 Å². The molecule has 1 aromatic rings. The molecule has 1 heterocycles. The van der Waals surface area contributed by atoms with Crippen LogP contribution in [0, 0.1) is 0 Å². The van der Waals surface area contributed by atoms with E-state index in [-0.39, 0.29) is 12.5 Å². The average molecular weight is 290 g/mol. The van der Waals surface area contributed by atoms with Crippen molar-refractivity contribution in [2.75, 3.05) is 29.9 Å². The summed E-state index contributed by atoms with van der Waals surface area (Å²) in [6, 6.07) is 8.14. The van der Waals surface area contributed by atoms with Crippen molar-refractivity contribution in [2.45, 2.75) is 44.9 Å². The van der Waals surface area contributed by atoms with Crippen LogP contribution in [0.5, 0.6) is 0 Å². The summed E-state index contributed by atoms with van der Waals surface area (Å²) in [4.78, 5) is 14.1. The molecule has 4 heteroatoms. The zero-order valence-electron chi connectivity index (χ0n) is 12.7. The highest BCUT2D eigenvalue weighted by Gasteiger charge is 2.10. The van der Waals surface area contributed by atoms with Crippen LogP contribution in [0.25, 0.3) is 0 Å². The number of anilines is 2. The highest BCUT2D eigenvalue weighted by molar-refractivity contribution is 5.90. The van der Waals surface area contributed by atoms with Gasteiger partial charge in [0, 0.05) is 37.5 Å². The van der Waals surface area contributed by atoms with Crippen molar-refractivity contribution >= 4 is 17.3 Å². The lowest BCUT2D eigenvalue weighted by Crippen LogP contribution is -2.23. The number of rotatable bonds is 6. The van der Waals surface area contributed by atoms with E-state index in [1.54, 1.807) is 0 Å². The number of hydrogen-bond acceptors (Lipinski definition) is 3. The first-order chi connectivity index (χ1) is 10.3. The zero-order valence-corrected chi connectivity index (χ0v) is 12.7. The maximum Gasteiger partial charge on any atom is 0.224 e. The number of carbonyl (C=O) groups is 1. The molecule has 0 atom stereocenters. The Balaban J connectivity index is 1.84. The van der Waals surface area contributed by atoms with Crippen LogP contribution in [0.3, 0.4) is 0 Å². The van der Waals surface area contributed by atoms with Gasteiger partial charge in [-0.1, -0.05) is 12.8 Å². The lowest BCUT2D eigenvalue weighted by molar-refractivity contribution is -0.116. The molecule has 116 valence electrons. The first kappa shape index (κ1) is 15.8. The summed E-state index contributed by atoms with van der Waals surface area (Å²) >= 11 is 0. The van der Waals surface area contributed by atoms with Gasteiger partial charge in [0.25, 0.3) is 0 Å². The molecular formula is C17H26N2O2. The summed E-state index contributed by atoms with van der Waals surface area (Å²) in [6.45, 7) is 2.41. The zero-order chi connectivity index (χ0) is 14.9. The maximum atomic E-state index is 11.7. The summed E-state index contributed by atoms with van der Waals surface area (Å²) in [5.74, 6) is 0.0194. The lowest BCUT2D eigenvalue weighted by atomic mass is 10.2. The van der Waals surface area contributed by atoms with E-state index >= 15 is 0 Å². The minimum Gasteiger partial charge on any atom is -0.396 e. The van der Waals surface area contributed by atoms with E-state index in [2.05, 4.69) is 22.3 Å². The Bertz CT molecular complexity index is 423. The van der Waals surface area contributed by atoms with E-state index < -0.39 is 0 Å². The number of nitrogens with zero attached hydrogens (tertiary/aromatic N) is 1. The molecule has 0 bridgehead atoms. The van der Waals surface area contributed by atoms with Gasteiger partial charge in [0.15, 0.2) is 0 Å². The van der Waals surface area contributed by atoms with E-state index in [0.717, 1.165) is 25.2 Å². The summed E-state index contributed by atoms with van der Waals surface area (Å²) in [5, 5.41) is 11.6. The van der Waals surface area contributed by atoms with Crippen molar-refractivity contribution in [3.05, 3.63) is 24.3 Å². The maximum absolute atomic E-state index is 11.7. The van der Waals surface area contributed by atoms with Crippen molar-refractivity contribution in [2.24, 2.45) is 0 Å². The number of amides is 1. The molecule has 1 saturated heterocycles. The first-order valence-electron chi connectivity index (χ1n) is 8.05. The van der Waals surface area contributed by atoms with E-state index in [9.17, 15) is 4.79 Å². The van der Waals surface area contributed by atoms with E-state index in [0.29, 0.717) is 12.8 Å². The number of nitrogens with one attached hydrogen (secondary N) is 1. The molecule has 1 aliphatic heterocycles. The van der Waals surface area contributed by atoms with Crippen LogP contribution in [0.4, 0.5) is 11.4 Å². The number of unbranched alkanes of at least 4 members (excludes halogenated alkanes) is 1. The minimum atomic E-state index is 0.0194. The Morgan fingerprint density at radius 1 is 1.05 bits per heavy atom. The Labute approximate surface area is 127 Å². The monoisotopic (exact) mass is 290 g/mol. The number of aliphatic hydroxyl groups is 1. The molecule has 1 amide bonds. The molecule has 2 rings (SSSR count). The molecule has 1 fully saturated rings. The second-order valence-corrected chi connectivity index (χ2v) is 5.68. The van der Waals surface area contributed by atoms with Crippen LogP contribution in [0.15, 0.2) is 24.3 Å². The normalized spacial score (nSPS) is 15.6. The molecule has 0 aromatic heterocycles. The van der Waals surface area contributed by atoms with Gasteiger partial charge in [0.2, 0.25) is 5.91 Å². The van der Waals surface area contributed by atoms with Crippen molar-refractivity contribution in [3.63, 3.8) is 0 Å². The Kier molecular flexibility index (Phi) is 6.54. The molecule has 0 saturated carbocycles. The summed E-state index contributed by atoms with van der Waals surface area (Å²) in [5.41, 5.74) is 2.10. The van der Waals surface area contributed by atoms with E-state index in [1.807, 2.05) is 12.1 Å². The first-order valence-corrected chi connectivity index (χ1v) is 8.05. The largest absolute Gasteiger partial charge is 0.396 e. The topological polar surface area (TPSA) is 52.6 Å². The van der Waals surface area contributed by atoms with Gasteiger partial charge >= 0.3 is 0 Å². The van der Waals surface area contributed by atoms with Gasteiger partial charge in [-0.05, 0) is 49.9 Å². The standard InChI is InChI=1S/C17H26N2O2/c20-14-6-3-7-17(21)18-15-8-10-16(11-9-15)19-12-4-1-2-5-13-19/h8-11,20H,1-7,12-14H2,(H,18,21). The van der Waals surface area contributed by atoms with Gasteiger partial charge < -0.3 is 15.3 Å². The third-order valence-corrected chi connectivity index (χ3v) is 3.93. The van der Waals surface area contributed by atoms with E-state index in [1.165, 1.54) is 31.4 Å². The van der Waals surface area contributed by atoms with Crippen molar-refractivity contribution in [1.29, 1.82) is 0 Å². The number of carbonyl (C=O) groups excluding carboxylic acids is 1. The van der Waals surface area contributed by atoms with Gasteiger partial charge in [-0.3, -0.25) is 4.79 Å². The van der Waals surface area contributed by atoms with Gasteiger partial charge in [0.05, 0.1) is 0 Å². The molecule has 21 heavy (non-hydrogen) atoms. The molecule has 0 radical (unpaired) electrons. The summed E-state index contributed by atoms with van der Waals surface area (Å²) < 4.78 is 0. The molecule has 4 nitrogen and oxygen atoms in total.